The second-order valence-corrected chi connectivity index (χ2v) is 5.51. The van der Waals surface area contributed by atoms with Gasteiger partial charge >= 0.3 is 5.97 Å². The van der Waals surface area contributed by atoms with Gasteiger partial charge in [0, 0.05) is 19.2 Å². The third kappa shape index (κ3) is 4.95. The molecule has 0 heterocycles. The van der Waals surface area contributed by atoms with Crippen molar-refractivity contribution in [2.24, 2.45) is 0 Å². The summed E-state index contributed by atoms with van der Waals surface area (Å²) in [5, 5.41) is 8.74. The van der Waals surface area contributed by atoms with Gasteiger partial charge < -0.3 is 10.0 Å². The predicted molar refractivity (Wildman–Crippen MR) is 89.5 cm³/mol. The van der Waals surface area contributed by atoms with E-state index in [0.29, 0.717) is 5.56 Å². The molecular formula is C19H21NO3. The molecule has 0 saturated carbocycles. The quantitative estimate of drug-likeness (QED) is 0.855. The van der Waals surface area contributed by atoms with Crippen molar-refractivity contribution in [3.8, 4) is 0 Å². The zero-order valence-corrected chi connectivity index (χ0v) is 13.2. The van der Waals surface area contributed by atoms with Gasteiger partial charge in [0.25, 0.3) is 5.91 Å². The van der Waals surface area contributed by atoms with E-state index in [-0.39, 0.29) is 18.9 Å². The fourth-order valence-electron chi connectivity index (χ4n) is 2.44. The van der Waals surface area contributed by atoms with Crippen LogP contribution in [-0.2, 0) is 17.6 Å². The number of carbonyl (C=O) groups excluding carboxylic acids is 1. The van der Waals surface area contributed by atoms with Crippen LogP contribution in [0.15, 0.2) is 54.6 Å². The Balaban J connectivity index is 2.07. The normalized spacial score (nSPS) is 10.3. The molecule has 0 fully saturated rings. The largest absolute Gasteiger partial charge is 0.481 e. The number of nitrogens with zero attached hydrogens (tertiary/aromatic N) is 1. The van der Waals surface area contributed by atoms with E-state index in [4.69, 9.17) is 5.11 Å². The van der Waals surface area contributed by atoms with Crippen LogP contribution in [0.1, 0.15) is 27.9 Å². The average molecular weight is 311 g/mol. The van der Waals surface area contributed by atoms with Crippen LogP contribution in [0.2, 0.25) is 0 Å². The Morgan fingerprint density at radius 1 is 0.957 bits per heavy atom. The van der Waals surface area contributed by atoms with Crippen LogP contribution in [0, 0.1) is 0 Å². The van der Waals surface area contributed by atoms with Crippen LogP contribution in [0.25, 0.3) is 0 Å². The monoisotopic (exact) mass is 311 g/mol. The lowest BCUT2D eigenvalue weighted by atomic mass is 9.99. The Morgan fingerprint density at radius 3 is 2.30 bits per heavy atom. The van der Waals surface area contributed by atoms with Gasteiger partial charge in [-0.3, -0.25) is 9.59 Å². The van der Waals surface area contributed by atoms with Gasteiger partial charge in [0.2, 0.25) is 0 Å². The number of benzene rings is 2. The van der Waals surface area contributed by atoms with E-state index in [0.717, 1.165) is 18.4 Å². The molecule has 0 aliphatic heterocycles. The molecule has 120 valence electrons. The first kappa shape index (κ1) is 16.7. The molecule has 0 saturated heterocycles. The highest BCUT2D eigenvalue weighted by Crippen LogP contribution is 2.15. The van der Waals surface area contributed by atoms with E-state index in [9.17, 15) is 9.59 Å². The standard InChI is InChI=1S/C19H21NO3/c1-20(14-13-18(21)22)19(23)17-10-6-5-9-16(17)12-11-15-7-3-2-4-8-15/h2-10H,11-14H2,1H3,(H,21,22). The van der Waals surface area contributed by atoms with Crippen LogP contribution in [0.3, 0.4) is 0 Å². The lowest BCUT2D eigenvalue weighted by Crippen LogP contribution is -2.29. The molecule has 0 spiro atoms. The van der Waals surface area contributed by atoms with Crippen molar-refractivity contribution >= 4 is 11.9 Å². The number of hydrogen-bond acceptors (Lipinski definition) is 2. The smallest absolute Gasteiger partial charge is 0.305 e. The first-order chi connectivity index (χ1) is 11.1. The van der Waals surface area contributed by atoms with Gasteiger partial charge in [-0.25, -0.2) is 0 Å². The number of rotatable bonds is 7. The molecule has 2 rings (SSSR count). The molecule has 23 heavy (non-hydrogen) atoms. The Hall–Kier alpha value is -2.62. The van der Waals surface area contributed by atoms with E-state index >= 15 is 0 Å². The van der Waals surface area contributed by atoms with Crippen LogP contribution in [0.5, 0.6) is 0 Å². The van der Waals surface area contributed by atoms with Crippen LogP contribution in [-0.4, -0.2) is 35.5 Å². The van der Waals surface area contributed by atoms with Gasteiger partial charge in [0.15, 0.2) is 0 Å². The van der Waals surface area contributed by atoms with Crippen molar-refractivity contribution < 1.29 is 14.7 Å². The Labute approximate surface area is 136 Å². The average Bonchev–Trinajstić information content (AvgIpc) is 2.58. The molecule has 0 radical (unpaired) electrons. The zero-order valence-electron chi connectivity index (χ0n) is 13.2. The predicted octanol–water partition coefficient (Wildman–Crippen LogP) is 3.02. The number of aryl methyl sites for hydroxylation is 2. The minimum atomic E-state index is -0.901. The van der Waals surface area contributed by atoms with Gasteiger partial charge in [-0.15, -0.1) is 0 Å². The van der Waals surface area contributed by atoms with E-state index in [1.165, 1.54) is 10.5 Å². The van der Waals surface area contributed by atoms with Gasteiger partial charge in [0.05, 0.1) is 6.42 Å². The van der Waals surface area contributed by atoms with E-state index in [1.807, 2.05) is 36.4 Å². The Kier molecular flexibility index (Phi) is 5.92. The fraction of sp³-hybridized carbons (Fsp3) is 0.263. The van der Waals surface area contributed by atoms with Crippen LogP contribution < -0.4 is 0 Å². The minimum Gasteiger partial charge on any atom is -0.481 e. The van der Waals surface area contributed by atoms with E-state index < -0.39 is 5.97 Å². The second-order valence-electron chi connectivity index (χ2n) is 5.51. The summed E-state index contributed by atoms with van der Waals surface area (Å²) in [6, 6.07) is 17.7. The summed E-state index contributed by atoms with van der Waals surface area (Å²) in [6.07, 6.45) is 1.59. The fourth-order valence-corrected chi connectivity index (χ4v) is 2.44. The molecule has 2 aromatic carbocycles. The number of hydrogen-bond donors (Lipinski definition) is 1. The van der Waals surface area contributed by atoms with Crippen molar-refractivity contribution in [3.63, 3.8) is 0 Å². The second kappa shape index (κ2) is 8.13. The minimum absolute atomic E-state index is 0.0472. The molecule has 1 amide bonds. The molecule has 0 aliphatic carbocycles. The molecule has 1 N–H and O–H groups in total. The number of carboxylic acid groups (broad SMARTS) is 1. The summed E-state index contributed by atoms with van der Waals surface area (Å²) in [6.45, 7) is 0.210. The van der Waals surface area contributed by atoms with Gasteiger partial charge in [0.1, 0.15) is 0 Å². The lowest BCUT2D eigenvalue weighted by molar-refractivity contribution is -0.137. The van der Waals surface area contributed by atoms with E-state index in [1.54, 1.807) is 13.1 Å². The highest BCUT2D eigenvalue weighted by atomic mass is 16.4. The van der Waals surface area contributed by atoms with Crippen molar-refractivity contribution in [1.29, 1.82) is 0 Å². The number of carboxylic acids is 1. The maximum atomic E-state index is 12.5. The van der Waals surface area contributed by atoms with E-state index in [2.05, 4.69) is 12.1 Å². The van der Waals surface area contributed by atoms with Gasteiger partial charge in [-0.2, -0.15) is 0 Å². The molecule has 2 aromatic rings. The lowest BCUT2D eigenvalue weighted by Gasteiger charge is -2.18. The third-order valence-corrected chi connectivity index (χ3v) is 3.78. The summed E-state index contributed by atoms with van der Waals surface area (Å²) in [5.74, 6) is -1.03. The summed E-state index contributed by atoms with van der Waals surface area (Å²) in [4.78, 5) is 24.6. The van der Waals surface area contributed by atoms with Crippen molar-refractivity contribution in [1.82, 2.24) is 4.90 Å². The van der Waals surface area contributed by atoms with Gasteiger partial charge in [-0.05, 0) is 30.0 Å². The molecule has 4 heteroatoms. The Morgan fingerprint density at radius 2 is 1.61 bits per heavy atom. The zero-order chi connectivity index (χ0) is 16.7. The van der Waals surface area contributed by atoms with Crippen LogP contribution >= 0.6 is 0 Å². The summed E-state index contributed by atoms with van der Waals surface area (Å²) in [5.41, 5.74) is 2.87. The molecule has 4 nitrogen and oxygen atoms in total. The van der Waals surface area contributed by atoms with Crippen molar-refractivity contribution in [2.45, 2.75) is 19.3 Å². The number of carbonyl (C=O) groups is 2. The third-order valence-electron chi connectivity index (χ3n) is 3.78. The molecule has 0 bridgehead atoms. The summed E-state index contributed by atoms with van der Waals surface area (Å²) < 4.78 is 0. The Bertz CT molecular complexity index is 667. The maximum absolute atomic E-state index is 12.5. The van der Waals surface area contributed by atoms with Crippen molar-refractivity contribution in [2.75, 3.05) is 13.6 Å². The number of aliphatic carboxylic acids is 1. The molecule has 0 aromatic heterocycles. The summed E-state index contributed by atoms with van der Waals surface area (Å²) in [7, 11) is 1.64. The van der Waals surface area contributed by atoms with Crippen molar-refractivity contribution in [3.05, 3.63) is 71.3 Å². The van der Waals surface area contributed by atoms with Crippen LogP contribution in [0.4, 0.5) is 0 Å². The molecule has 0 aliphatic rings. The highest BCUT2D eigenvalue weighted by Gasteiger charge is 2.16. The first-order valence-electron chi connectivity index (χ1n) is 7.67. The SMILES string of the molecule is CN(CCC(=O)O)C(=O)c1ccccc1CCc1ccccc1. The maximum Gasteiger partial charge on any atom is 0.305 e. The molecular weight excluding hydrogens is 290 g/mol. The molecule has 0 unspecified atom stereocenters. The molecule has 0 atom stereocenters. The topological polar surface area (TPSA) is 57.6 Å². The highest BCUT2D eigenvalue weighted by molar-refractivity contribution is 5.95. The summed E-state index contributed by atoms with van der Waals surface area (Å²) >= 11 is 0. The van der Waals surface area contributed by atoms with Gasteiger partial charge in [-0.1, -0.05) is 48.5 Å². The first-order valence-corrected chi connectivity index (χ1v) is 7.67. The number of amides is 1.